The number of hydrogen-bond donors (Lipinski definition) is 3. The van der Waals surface area contributed by atoms with Gasteiger partial charge >= 0.3 is 0 Å². The molecular formula is C9H14N2O3S2. The Bertz CT molecular complexity index is 343. The number of carbonyl (C=O) groups is 1. The maximum atomic E-state index is 11.4. The number of carbonyl (C=O) groups excluding carboxylic acids is 1. The highest BCUT2D eigenvalue weighted by atomic mass is 32.2. The molecule has 7 heteroatoms. The van der Waals surface area contributed by atoms with E-state index in [1.807, 2.05) is 12.3 Å². The van der Waals surface area contributed by atoms with Crippen LogP contribution in [0.4, 0.5) is 5.13 Å². The van der Waals surface area contributed by atoms with E-state index < -0.39 is 6.10 Å². The number of anilines is 1. The summed E-state index contributed by atoms with van der Waals surface area (Å²) in [5, 5.41) is 22.7. The van der Waals surface area contributed by atoms with Crippen molar-refractivity contribution in [3.8, 4) is 0 Å². The molecule has 0 saturated carbocycles. The topological polar surface area (TPSA) is 82.5 Å². The van der Waals surface area contributed by atoms with Crippen molar-refractivity contribution < 1.29 is 15.0 Å². The summed E-state index contributed by atoms with van der Waals surface area (Å²) in [6, 6.07) is 0. The van der Waals surface area contributed by atoms with E-state index >= 15 is 0 Å². The Hall–Kier alpha value is -0.630. The largest absolute Gasteiger partial charge is 0.394 e. The molecule has 0 saturated heterocycles. The molecule has 0 aliphatic rings. The predicted molar refractivity (Wildman–Crippen MR) is 65.9 cm³/mol. The predicted octanol–water partition coefficient (Wildman–Crippen LogP) is 0.476. The SMILES string of the molecule is Cc1csc(NC(=O)CSCC(O)CO)n1. The van der Waals surface area contributed by atoms with Gasteiger partial charge < -0.3 is 15.5 Å². The van der Waals surface area contributed by atoms with Crippen LogP contribution in [0, 0.1) is 6.92 Å². The van der Waals surface area contributed by atoms with E-state index in [4.69, 9.17) is 10.2 Å². The van der Waals surface area contributed by atoms with E-state index in [-0.39, 0.29) is 18.3 Å². The summed E-state index contributed by atoms with van der Waals surface area (Å²) in [5.74, 6) is 0.445. The van der Waals surface area contributed by atoms with Crippen molar-refractivity contribution in [1.29, 1.82) is 0 Å². The van der Waals surface area contributed by atoms with Gasteiger partial charge in [-0.3, -0.25) is 4.79 Å². The van der Waals surface area contributed by atoms with Crippen molar-refractivity contribution in [2.75, 3.05) is 23.4 Å². The quantitative estimate of drug-likeness (QED) is 0.694. The van der Waals surface area contributed by atoms with Crippen LogP contribution in [0.5, 0.6) is 0 Å². The van der Waals surface area contributed by atoms with Crippen LogP contribution in [-0.4, -0.2) is 45.3 Å². The van der Waals surface area contributed by atoms with Gasteiger partial charge in [0.25, 0.3) is 0 Å². The van der Waals surface area contributed by atoms with E-state index in [0.29, 0.717) is 10.9 Å². The number of rotatable bonds is 6. The van der Waals surface area contributed by atoms with Gasteiger partial charge in [-0.15, -0.1) is 23.1 Å². The van der Waals surface area contributed by atoms with E-state index in [1.165, 1.54) is 23.1 Å². The van der Waals surface area contributed by atoms with Crippen LogP contribution in [0.15, 0.2) is 5.38 Å². The number of aliphatic hydroxyl groups is 2. The second kappa shape index (κ2) is 6.85. The zero-order valence-electron chi connectivity index (χ0n) is 8.84. The molecule has 1 atom stereocenters. The Morgan fingerprint density at radius 2 is 2.50 bits per heavy atom. The van der Waals surface area contributed by atoms with Gasteiger partial charge in [0.1, 0.15) is 0 Å². The molecule has 1 amide bonds. The summed E-state index contributed by atoms with van der Waals surface area (Å²) in [6.45, 7) is 1.58. The van der Waals surface area contributed by atoms with Gasteiger partial charge in [-0.1, -0.05) is 0 Å². The molecule has 0 bridgehead atoms. The van der Waals surface area contributed by atoms with Gasteiger partial charge in [0, 0.05) is 11.1 Å². The van der Waals surface area contributed by atoms with Crippen LogP contribution in [0.3, 0.4) is 0 Å². The molecule has 3 N–H and O–H groups in total. The average molecular weight is 262 g/mol. The second-order valence-corrected chi connectivity index (χ2v) is 5.08. The summed E-state index contributed by atoms with van der Waals surface area (Å²) in [6.07, 6.45) is -0.764. The van der Waals surface area contributed by atoms with Gasteiger partial charge in [-0.25, -0.2) is 4.98 Å². The standard InChI is InChI=1S/C9H14N2O3S2/c1-6-3-16-9(10-6)11-8(14)5-15-4-7(13)2-12/h3,7,12-13H,2,4-5H2,1H3,(H,10,11,14). The molecule has 1 aromatic heterocycles. The summed E-state index contributed by atoms with van der Waals surface area (Å²) in [7, 11) is 0. The van der Waals surface area contributed by atoms with Crippen molar-refractivity contribution >= 4 is 34.1 Å². The van der Waals surface area contributed by atoms with Crippen molar-refractivity contribution in [1.82, 2.24) is 4.98 Å². The van der Waals surface area contributed by atoms with Crippen LogP contribution in [0.2, 0.25) is 0 Å². The van der Waals surface area contributed by atoms with Crippen LogP contribution in [-0.2, 0) is 4.79 Å². The van der Waals surface area contributed by atoms with E-state index in [9.17, 15) is 4.79 Å². The van der Waals surface area contributed by atoms with Gasteiger partial charge in [0.2, 0.25) is 5.91 Å². The average Bonchev–Trinajstić information content (AvgIpc) is 2.63. The second-order valence-electron chi connectivity index (χ2n) is 3.19. The number of aromatic nitrogens is 1. The molecule has 1 heterocycles. The first-order valence-corrected chi connectivity index (χ1v) is 6.74. The highest BCUT2D eigenvalue weighted by Crippen LogP contribution is 2.14. The molecule has 0 spiro atoms. The third-order valence-corrected chi connectivity index (χ3v) is 3.58. The van der Waals surface area contributed by atoms with Gasteiger partial charge in [0.05, 0.1) is 24.2 Å². The van der Waals surface area contributed by atoms with Gasteiger partial charge in [0.15, 0.2) is 5.13 Å². The minimum Gasteiger partial charge on any atom is -0.394 e. The van der Waals surface area contributed by atoms with Crippen LogP contribution < -0.4 is 5.32 Å². The fraction of sp³-hybridized carbons (Fsp3) is 0.556. The van der Waals surface area contributed by atoms with E-state index in [2.05, 4.69) is 10.3 Å². The maximum absolute atomic E-state index is 11.4. The summed E-state index contributed by atoms with van der Waals surface area (Å²) in [4.78, 5) is 15.5. The molecule has 90 valence electrons. The van der Waals surface area contributed by atoms with E-state index in [1.54, 1.807) is 0 Å². The van der Waals surface area contributed by atoms with Crippen molar-refractivity contribution in [2.24, 2.45) is 0 Å². The molecule has 1 rings (SSSR count). The van der Waals surface area contributed by atoms with Crippen molar-refractivity contribution in [3.63, 3.8) is 0 Å². The number of aliphatic hydroxyl groups excluding tert-OH is 2. The molecule has 1 aromatic rings. The minimum atomic E-state index is -0.764. The number of hydrogen-bond acceptors (Lipinski definition) is 6. The van der Waals surface area contributed by atoms with Crippen molar-refractivity contribution in [2.45, 2.75) is 13.0 Å². The fourth-order valence-electron chi connectivity index (χ4n) is 0.907. The first kappa shape index (κ1) is 13.4. The molecular weight excluding hydrogens is 248 g/mol. The van der Waals surface area contributed by atoms with Crippen molar-refractivity contribution in [3.05, 3.63) is 11.1 Å². The highest BCUT2D eigenvalue weighted by molar-refractivity contribution is 8.00. The fourth-order valence-corrected chi connectivity index (χ4v) is 2.36. The molecule has 0 radical (unpaired) electrons. The number of nitrogens with zero attached hydrogens (tertiary/aromatic N) is 1. The molecule has 1 unspecified atom stereocenters. The lowest BCUT2D eigenvalue weighted by atomic mass is 10.4. The Morgan fingerprint density at radius 1 is 1.75 bits per heavy atom. The normalized spacial score (nSPS) is 12.4. The Balaban J connectivity index is 2.21. The lowest BCUT2D eigenvalue weighted by molar-refractivity contribution is -0.113. The summed E-state index contributed by atoms with van der Waals surface area (Å²) < 4.78 is 0. The molecule has 5 nitrogen and oxygen atoms in total. The number of nitrogens with one attached hydrogen (secondary N) is 1. The minimum absolute atomic E-state index is 0.149. The monoisotopic (exact) mass is 262 g/mol. The Morgan fingerprint density at radius 3 is 3.06 bits per heavy atom. The highest BCUT2D eigenvalue weighted by Gasteiger charge is 2.07. The number of thioether (sulfide) groups is 1. The zero-order chi connectivity index (χ0) is 12.0. The van der Waals surface area contributed by atoms with Crippen LogP contribution >= 0.6 is 23.1 Å². The van der Waals surface area contributed by atoms with Crippen LogP contribution in [0.1, 0.15) is 5.69 Å². The maximum Gasteiger partial charge on any atom is 0.236 e. The first-order chi connectivity index (χ1) is 7.61. The van der Waals surface area contributed by atoms with E-state index in [0.717, 1.165) is 5.69 Å². The smallest absolute Gasteiger partial charge is 0.236 e. The molecule has 0 fully saturated rings. The number of aryl methyl sites for hydroxylation is 1. The summed E-state index contributed by atoms with van der Waals surface area (Å²) in [5.41, 5.74) is 0.878. The van der Waals surface area contributed by atoms with Gasteiger partial charge in [-0.05, 0) is 6.92 Å². The van der Waals surface area contributed by atoms with Gasteiger partial charge in [-0.2, -0.15) is 0 Å². The first-order valence-electron chi connectivity index (χ1n) is 4.70. The number of amides is 1. The lowest BCUT2D eigenvalue weighted by Gasteiger charge is -2.05. The zero-order valence-corrected chi connectivity index (χ0v) is 10.5. The third kappa shape index (κ3) is 4.93. The molecule has 16 heavy (non-hydrogen) atoms. The summed E-state index contributed by atoms with van der Waals surface area (Å²) >= 11 is 2.66. The Labute approximate surface area is 102 Å². The molecule has 0 aliphatic carbocycles. The molecule has 0 aromatic carbocycles. The third-order valence-electron chi connectivity index (χ3n) is 1.62. The lowest BCUT2D eigenvalue weighted by Crippen LogP contribution is -2.19. The van der Waals surface area contributed by atoms with Crippen LogP contribution in [0.25, 0.3) is 0 Å². The molecule has 0 aliphatic heterocycles. The Kier molecular flexibility index (Phi) is 5.75. The number of thiazole rings is 1.